The van der Waals surface area contributed by atoms with Crippen molar-refractivity contribution >= 4 is 18.1 Å². The van der Waals surface area contributed by atoms with Gasteiger partial charge in [-0.2, -0.15) is 0 Å². The number of rotatable bonds is 2. The fourth-order valence-corrected chi connectivity index (χ4v) is 2.01. The van der Waals surface area contributed by atoms with Crippen molar-refractivity contribution in [3.05, 3.63) is 24.3 Å². The maximum absolute atomic E-state index is 5.24. The molecule has 1 saturated heterocycles. The highest BCUT2D eigenvalue weighted by Gasteiger charge is 2.18. The summed E-state index contributed by atoms with van der Waals surface area (Å²) in [6.07, 6.45) is 0. The van der Waals surface area contributed by atoms with Crippen LogP contribution < -0.4 is 15.0 Å². The molecule has 0 bridgehead atoms. The van der Waals surface area contributed by atoms with Crippen LogP contribution in [-0.4, -0.2) is 32.8 Å². The van der Waals surface area contributed by atoms with Gasteiger partial charge in [-0.3, -0.25) is 0 Å². The minimum Gasteiger partial charge on any atom is -0.497 e. The average Bonchev–Trinajstić information content (AvgIpc) is 2.30. The molecule has 0 saturated carbocycles. The summed E-state index contributed by atoms with van der Waals surface area (Å²) in [4.78, 5) is 2.42. The van der Waals surface area contributed by atoms with Crippen molar-refractivity contribution in [3.8, 4) is 5.75 Å². The van der Waals surface area contributed by atoms with E-state index in [1.165, 1.54) is 5.69 Å². The fourth-order valence-electron chi connectivity index (χ4n) is 2.01. The van der Waals surface area contributed by atoms with Crippen molar-refractivity contribution in [1.82, 2.24) is 5.32 Å². The molecular weight excluding hydrogens is 224 g/mol. The molecular formula is C12H19ClN2O. The summed E-state index contributed by atoms with van der Waals surface area (Å²) >= 11 is 0. The number of benzene rings is 1. The van der Waals surface area contributed by atoms with Crippen molar-refractivity contribution < 1.29 is 4.74 Å². The van der Waals surface area contributed by atoms with E-state index in [1.807, 2.05) is 12.1 Å². The summed E-state index contributed by atoms with van der Waals surface area (Å²) in [5, 5.41) is 3.39. The lowest BCUT2D eigenvalue weighted by Gasteiger charge is -2.36. The van der Waals surface area contributed by atoms with Crippen LogP contribution in [0.4, 0.5) is 5.69 Å². The Morgan fingerprint density at radius 2 is 2.25 bits per heavy atom. The van der Waals surface area contributed by atoms with Crippen molar-refractivity contribution in [2.24, 2.45) is 0 Å². The van der Waals surface area contributed by atoms with Gasteiger partial charge < -0.3 is 15.0 Å². The van der Waals surface area contributed by atoms with Crippen LogP contribution in [-0.2, 0) is 0 Å². The van der Waals surface area contributed by atoms with E-state index in [9.17, 15) is 0 Å². The first kappa shape index (κ1) is 13.1. The Morgan fingerprint density at radius 1 is 1.44 bits per heavy atom. The molecule has 1 fully saturated rings. The van der Waals surface area contributed by atoms with Gasteiger partial charge in [-0.15, -0.1) is 12.4 Å². The first-order valence-corrected chi connectivity index (χ1v) is 5.42. The molecule has 90 valence electrons. The van der Waals surface area contributed by atoms with E-state index < -0.39 is 0 Å². The van der Waals surface area contributed by atoms with Crippen molar-refractivity contribution in [2.75, 3.05) is 31.6 Å². The minimum atomic E-state index is 0. The number of hydrogen-bond donors (Lipinski definition) is 1. The van der Waals surface area contributed by atoms with E-state index in [-0.39, 0.29) is 12.4 Å². The van der Waals surface area contributed by atoms with Crippen LogP contribution >= 0.6 is 12.4 Å². The molecule has 0 aromatic heterocycles. The topological polar surface area (TPSA) is 24.5 Å². The highest BCUT2D eigenvalue weighted by molar-refractivity contribution is 5.85. The molecule has 0 radical (unpaired) electrons. The number of ether oxygens (including phenoxy) is 1. The zero-order valence-electron chi connectivity index (χ0n) is 9.77. The number of halogens is 1. The zero-order valence-corrected chi connectivity index (χ0v) is 10.6. The van der Waals surface area contributed by atoms with E-state index in [2.05, 4.69) is 29.3 Å². The maximum Gasteiger partial charge on any atom is 0.120 e. The first-order valence-electron chi connectivity index (χ1n) is 5.42. The molecule has 1 heterocycles. The summed E-state index contributed by atoms with van der Waals surface area (Å²) in [5.74, 6) is 0.929. The fraction of sp³-hybridized carbons (Fsp3) is 0.500. The molecule has 1 aliphatic rings. The normalized spacial score (nSPS) is 20.1. The Morgan fingerprint density at radius 3 is 2.94 bits per heavy atom. The molecule has 3 nitrogen and oxygen atoms in total. The average molecular weight is 243 g/mol. The molecule has 2 rings (SSSR count). The van der Waals surface area contributed by atoms with Gasteiger partial charge >= 0.3 is 0 Å². The van der Waals surface area contributed by atoms with Gasteiger partial charge in [-0.1, -0.05) is 6.07 Å². The van der Waals surface area contributed by atoms with Gasteiger partial charge in [0.05, 0.1) is 7.11 Å². The monoisotopic (exact) mass is 242 g/mol. The molecule has 0 spiro atoms. The Kier molecular flexibility index (Phi) is 4.90. The Bertz CT molecular complexity index is 333. The van der Waals surface area contributed by atoms with Crippen LogP contribution in [0.25, 0.3) is 0 Å². The van der Waals surface area contributed by atoms with Gasteiger partial charge in [0.1, 0.15) is 5.75 Å². The quantitative estimate of drug-likeness (QED) is 0.858. The Balaban J connectivity index is 0.00000128. The van der Waals surface area contributed by atoms with Crippen molar-refractivity contribution in [1.29, 1.82) is 0 Å². The molecule has 1 N–H and O–H groups in total. The molecule has 0 aliphatic carbocycles. The third-order valence-corrected chi connectivity index (χ3v) is 2.89. The largest absolute Gasteiger partial charge is 0.497 e. The molecule has 4 heteroatoms. The number of hydrogen-bond acceptors (Lipinski definition) is 3. The highest BCUT2D eigenvalue weighted by Crippen LogP contribution is 2.23. The lowest BCUT2D eigenvalue weighted by molar-refractivity contribution is 0.414. The van der Waals surface area contributed by atoms with Crippen LogP contribution in [0, 0.1) is 0 Å². The van der Waals surface area contributed by atoms with Gasteiger partial charge in [0.15, 0.2) is 0 Å². The number of anilines is 1. The molecule has 1 atom stereocenters. The van der Waals surface area contributed by atoms with E-state index >= 15 is 0 Å². The highest BCUT2D eigenvalue weighted by atomic mass is 35.5. The number of nitrogens with one attached hydrogen (secondary N) is 1. The van der Waals surface area contributed by atoms with Crippen molar-refractivity contribution in [3.63, 3.8) is 0 Å². The van der Waals surface area contributed by atoms with Gasteiger partial charge in [0, 0.05) is 37.4 Å². The predicted octanol–water partition coefficient (Wildman–Crippen LogP) is 1.92. The summed E-state index contributed by atoms with van der Waals surface area (Å²) in [6.45, 7) is 5.42. The molecule has 16 heavy (non-hydrogen) atoms. The second-order valence-corrected chi connectivity index (χ2v) is 3.95. The van der Waals surface area contributed by atoms with Gasteiger partial charge in [0.2, 0.25) is 0 Å². The summed E-state index contributed by atoms with van der Waals surface area (Å²) < 4.78 is 5.24. The number of piperazine rings is 1. The van der Waals surface area contributed by atoms with E-state index in [0.717, 1.165) is 25.4 Å². The SMILES string of the molecule is COc1cccc(N2CCNC[C@H]2C)c1.Cl. The second-order valence-electron chi connectivity index (χ2n) is 3.95. The van der Waals surface area contributed by atoms with Crippen LogP contribution in [0.15, 0.2) is 24.3 Å². The number of methoxy groups -OCH3 is 1. The minimum absolute atomic E-state index is 0. The molecule has 1 aromatic rings. The summed E-state index contributed by atoms with van der Waals surface area (Å²) in [5.41, 5.74) is 1.25. The summed E-state index contributed by atoms with van der Waals surface area (Å²) in [6, 6.07) is 8.82. The lowest BCUT2D eigenvalue weighted by Crippen LogP contribution is -2.49. The summed E-state index contributed by atoms with van der Waals surface area (Å²) in [7, 11) is 1.71. The van der Waals surface area contributed by atoms with E-state index in [1.54, 1.807) is 7.11 Å². The Labute approximate surface area is 103 Å². The van der Waals surface area contributed by atoms with Gasteiger partial charge in [-0.05, 0) is 19.1 Å². The van der Waals surface area contributed by atoms with Crippen LogP contribution in [0.3, 0.4) is 0 Å². The molecule has 0 amide bonds. The third-order valence-electron chi connectivity index (χ3n) is 2.89. The second kappa shape index (κ2) is 5.97. The van der Waals surface area contributed by atoms with Crippen LogP contribution in [0.2, 0.25) is 0 Å². The molecule has 0 unspecified atom stereocenters. The van der Waals surface area contributed by atoms with Crippen LogP contribution in [0.5, 0.6) is 5.75 Å². The predicted molar refractivity (Wildman–Crippen MR) is 69.9 cm³/mol. The van der Waals surface area contributed by atoms with E-state index in [4.69, 9.17) is 4.74 Å². The maximum atomic E-state index is 5.24. The standard InChI is InChI=1S/C12H18N2O.ClH/c1-10-9-13-6-7-14(10)11-4-3-5-12(8-11)15-2;/h3-5,8,10,13H,6-7,9H2,1-2H3;1H/t10-;/m1./s1. The van der Waals surface area contributed by atoms with Gasteiger partial charge in [0.25, 0.3) is 0 Å². The third kappa shape index (κ3) is 2.80. The molecule has 1 aromatic carbocycles. The lowest BCUT2D eigenvalue weighted by atomic mass is 10.2. The van der Waals surface area contributed by atoms with E-state index in [0.29, 0.717) is 6.04 Å². The van der Waals surface area contributed by atoms with Gasteiger partial charge in [-0.25, -0.2) is 0 Å². The smallest absolute Gasteiger partial charge is 0.120 e. The number of nitrogens with zero attached hydrogens (tertiary/aromatic N) is 1. The van der Waals surface area contributed by atoms with Crippen LogP contribution in [0.1, 0.15) is 6.92 Å². The Hall–Kier alpha value is -0.930. The first-order chi connectivity index (χ1) is 7.31. The van der Waals surface area contributed by atoms with Crippen molar-refractivity contribution in [2.45, 2.75) is 13.0 Å². The molecule has 1 aliphatic heterocycles. The zero-order chi connectivity index (χ0) is 10.7.